The van der Waals surface area contributed by atoms with Crippen LogP contribution in [-0.2, 0) is 9.47 Å². The fraction of sp³-hybridized carbons (Fsp3) is 0.586. The Morgan fingerprint density at radius 2 is 0.652 bits per heavy atom. The van der Waals surface area contributed by atoms with E-state index in [0.29, 0.717) is 107 Å². The Morgan fingerprint density at radius 3 is 1.03 bits per heavy atom. The third-order valence-electron chi connectivity index (χ3n) is 20.7. The van der Waals surface area contributed by atoms with E-state index in [0.717, 1.165) is 11.3 Å². The quantitative estimate of drug-likeness (QED) is 0.190. The molecule has 12 aliphatic rings. The van der Waals surface area contributed by atoms with Gasteiger partial charge < -0.3 is 29.1 Å². The Balaban J connectivity index is 0.900. The molecule has 0 radical (unpaired) electrons. The summed E-state index contributed by atoms with van der Waals surface area (Å²) in [7, 11) is -0.549. The summed E-state index contributed by atoms with van der Waals surface area (Å²) in [6.45, 7) is 0. The summed E-state index contributed by atoms with van der Waals surface area (Å²) in [6, 6.07) is 52.4. The Kier molecular flexibility index (Phi) is 9.13. The molecular weight excluding hydrogens is 847 g/mol. The smallest absolute Gasteiger partial charge is 0.0669 e. The summed E-state index contributed by atoms with van der Waals surface area (Å²) in [4.78, 5) is 12.5. The van der Waals surface area contributed by atoms with Gasteiger partial charge in [0.1, 0.15) is 0 Å². The molecule has 4 aromatic carbocycles. The largest absolute Gasteiger partial charge is 0.374 e. The van der Waals surface area contributed by atoms with Crippen LogP contribution >= 0.6 is 15.8 Å². The Labute approximate surface area is 395 Å². The van der Waals surface area contributed by atoms with Gasteiger partial charge in [-0.2, -0.15) is 0 Å². The molecule has 16 rings (SSSR count). The van der Waals surface area contributed by atoms with Gasteiger partial charge in [-0.3, -0.25) is 0 Å². The Hall–Kier alpha value is -3.14. The van der Waals surface area contributed by atoms with Crippen LogP contribution in [0, 0.1) is 11.8 Å². The van der Waals surface area contributed by atoms with Gasteiger partial charge in [0.25, 0.3) is 0 Å². The van der Waals surface area contributed by atoms with Gasteiger partial charge in [-0.1, -0.05) is 88.6 Å². The molecule has 0 aromatic heterocycles. The molecule has 20 atom stereocenters. The van der Waals surface area contributed by atoms with Gasteiger partial charge in [0.2, 0.25) is 0 Å². The van der Waals surface area contributed by atoms with E-state index in [1.54, 1.807) is 0 Å². The predicted octanol–water partition coefficient (Wildman–Crippen LogP) is 11.5. The number of para-hydroxylation sites is 4. The first-order chi connectivity index (χ1) is 32.8. The summed E-state index contributed by atoms with van der Waals surface area (Å²) in [5, 5.41) is 0. The standard InChI is InChI=1S/C58H68N4O2P2/c1-5-17-36(18-6-1)59-40-25-13-27-42-53(40)65-55-44(59)29-15-31-46(55)63-48-33-35-34-49-58-52(50(35)51(57(48)65)61(42)38-21-9-3-10-22-38)62(39-23-11-4-12-24-39)43-28-14-26-41-54(43)66(58)56-45(30-16-32-47(56)64-49)60(41)37-19-7-2-8-20-37/h1-12,17-24,35,40-58H,13-16,25-34H2. The fourth-order valence-corrected chi connectivity index (χ4v) is 29.6. The number of benzene rings is 4. The minimum absolute atomic E-state index is 0.275. The fourth-order valence-electron chi connectivity index (χ4n) is 19.3. The maximum absolute atomic E-state index is 7.93. The normalized spacial score (nSPS) is 47.5. The lowest BCUT2D eigenvalue weighted by atomic mass is 9.61. The Bertz CT molecular complexity index is 2270. The van der Waals surface area contributed by atoms with Crippen LogP contribution in [0.2, 0.25) is 0 Å². The predicted molar refractivity (Wildman–Crippen MR) is 271 cm³/mol. The summed E-state index contributed by atoms with van der Waals surface area (Å²) in [5.74, 6) is 1.21. The van der Waals surface area contributed by atoms with Crippen molar-refractivity contribution in [3.63, 3.8) is 0 Å². The van der Waals surface area contributed by atoms with Gasteiger partial charge in [0.05, 0.1) is 24.4 Å². The molecule has 6 heterocycles. The van der Waals surface area contributed by atoms with Gasteiger partial charge in [-0.05, 0) is 144 Å². The number of fused-ring (bicyclic) bond motifs is 3. The average molecular weight is 915 g/mol. The maximum atomic E-state index is 7.93. The monoisotopic (exact) mass is 914 g/mol. The van der Waals surface area contributed by atoms with E-state index >= 15 is 0 Å². The van der Waals surface area contributed by atoms with Crippen molar-refractivity contribution in [2.24, 2.45) is 11.8 Å². The molecule has 12 fully saturated rings. The Morgan fingerprint density at radius 1 is 0.333 bits per heavy atom. The average Bonchev–Trinajstić information content (AvgIpc) is 3.37. The molecule has 0 amide bonds. The number of nitrogens with zero attached hydrogens (tertiary/aromatic N) is 4. The van der Waals surface area contributed by atoms with Crippen LogP contribution in [0.4, 0.5) is 22.7 Å². The number of hydrogen-bond acceptors (Lipinski definition) is 6. The third-order valence-corrected chi connectivity index (χ3v) is 28.9. The molecule has 6 saturated carbocycles. The van der Waals surface area contributed by atoms with Crippen LogP contribution in [-0.4, -0.2) is 107 Å². The van der Waals surface area contributed by atoms with Crippen molar-refractivity contribution in [2.75, 3.05) is 19.6 Å². The molecular formula is C58H68N4O2P2. The second kappa shape index (κ2) is 15.2. The zero-order valence-electron chi connectivity index (χ0n) is 38.5. The number of hydrogen-bond donors (Lipinski definition) is 0. The zero-order chi connectivity index (χ0) is 42.8. The summed E-state index contributed by atoms with van der Waals surface area (Å²) in [6.07, 6.45) is 20.0. The molecule has 0 bridgehead atoms. The first kappa shape index (κ1) is 39.7. The molecule has 6 aliphatic heterocycles. The van der Waals surface area contributed by atoms with Crippen LogP contribution in [0.15, 0.2) is 121 Å². The van der Waals surface area contributed by atoms with Gasteiger partial charge in [0.15, 0.2) is 0 Å². The lowest BCUT2D eigenvalue weighted by molar-refractivity contribution is -0.124. The molecule has 4 aromatic rings. The molecule has 66 heavy (non-hydrogen) atoms. The van der Waals surface area contributed by atoms with Crippen molar-refractivity contribution in [1.82, 2.24) is 0 Å². The van der Waals surface area contributed by atoms with Crippen molar-refractivity contribution in [3.05, 3.63) is 121 Å². The van der Waals surface area contributed by atoms with Crippen molar-refractivity contribution in [1.29, 1.82) is 0 Å². The van der Waals surface area contributed by atoms with Crippen LogP contribution in [0.5, 0.6) is 0 Å². The van der Waals surface area contributed by atoms with Crippen LogP contribution in [0.1, 0.15) is 89.9 Å². The molecule has 8 heteroatoms. The molecule has 20 unspecified atom stereocenters. The first-order valence-corrected chi connectivity index (χ1v) is 30.1. The third kappa shape index (κ3) is 5.41. The van der Waals surface area contributed by atoms with Crippen molar-refractivity contribution in [3.8, 4) is 0 Å². The maximum Gasteiger partial charge on any atom is 0.0669 e. The summed E-state index contributed by atoms with van der Waals surface area (Å²) >= 11 is 0. The topological polar surface area (TPSA) is 31.4 Å². The highest BCUT2D eigenvalue weighted by molar-refractivity contribution is 7.61. The van der Waals surface area contributed by atoms with Gasteiger partial charge in [-0.25, -0.2) is 0 Å². The highest BCUT2D eigenvalue weighted by Crippen LogP contribution is 2.77. The number of rotatable bonds is 4. The molecule has 6 aliphatic carbocycles. The lowest BCUT2D eigenvalue weighted by Gasteiger charge is -2.77. The minimum atomic E-state index is -0.275. The lowest BCUT2D eigenvalue weighted by Crippen LogP contribution is -2.83. The van der Waals surface area contributed by atoms with E-state index in [1.807, 2.05) is 0 Å². The number of anilines is 4. The van der Waals surface area contributed by atoms with Crippen LogP contribution in [0.25, 0.3) is 0 Å². The van der Waals surface area contributed by atoms with Gasteiger partial charge in [-0.15, -0.1) is 0 Å². The SMILES string of the molecule is c1ccc(N2C3CCCC4OC5CC6CC7OC8CCCC9C8P8C%10C(CCCC%10N(c%10ccccc%10)C(C6C6C5P(C43)C3C2CCCC3N6c2ccccc2)C78)N9c2ccccc2)cc1. The summed E-state index contributed by atoms with van der Waals surface area (Å²) < 4.78 is 15.9. The molecule has 6 saturated heterocycles. The molecule has 0 spiro atoms. The number of ether oxygens (including phenoxy) is 2. The van der Waals surface area contributed by atoms with Gasteiger partial charge in [0, 0.05) is 111 Å². The zero-order valence-corrected chi connectivity index (χ0v) is 40.3. The van der Waals surface area contributed by atoms with Gasteiger partial charge >= 0.3 is 0 Å². The summed E-state index contributed by atoms with van der Waals surface area (Å²) in [5.41, 5.74) is 10.1. The molecule has 342 valence electrons. The van der Waals surface area contributed by atoms with E-state index in [2.05, 4.69) is 141 Å². The van der Waals surface area contributed by atoms with Crippen LogP contribution in [0.3, 0.4) is 0 Å². The van der Waals surface area contributed by atoms with Crippen molar-refractivity contribution in [2.45, 2.75) is 197 Å². The van der Waals surface area contributed by atoms with Crippen molar-refractivity contribution < 1.29 is 9.47 Å². The highest BCUT2D eigenvalue weighted by atomic mass is 31.1. The highest BCUT2D eigenvalue weighted by Gasteiger charge is 2.74. The molecule has 6 nitrogen and oxygen atoms in total. The first-order valence-electron chi connectivity index (χ1n) is 27.0. The van der Waals surface area contributed by atoms with E-state index in [9.17, 15) is 0 Å². The van der Waals surface area contributed by atoms with Crippen molar-refractivity contribution >= 4 is 38.6 Å². The molecule has 0 N–H and O–H groups in total. The second-order valence-electron chi connectivity index (χ2n) is 23.2. The van der Waals surface area contributed by atoms with Crippen LogP contribution < -0.4 is 19.6 Å². The van der Waals surface area contributed by atoms with E-state index in [1.165, 1.54) is 113 Å². The minimum Gasteiger partial charge on any atom is -0.374 e. The van der Waals surface area contributed by atoms with E-state index in [4.69, 9.17) is 9.47 Å². The second-order valence-corrected chi connectivity index (χ2v) is 28.5. The van der Waals surface area contributed by atoms with E-state index < -0.39 is 0 Å². The van der Waals surface area contributed by atoms with E-state index in [-0.39, 0.29) is 15.8 Å².